The molecular formula is C12H12Cl2N2S. The van der Waals surface area contributed by atoms with Crippen LogP contribution in [0.4, 0.5) is 5.13 Å². The van der Waals surface area contributed by atoms with Crippen LogP contribution in [-0.2, 0) is 6.42 Å². The van der Waals surface area contributed by atoms with E-state index in [1.807, 2.05) is 26.0 Å². The normalized spacial score (nSPS) is 10.8. The Labute approximate surface area is 114 Å². The first-order valence-corrected chi connectivity index (χ1v) is 6.71. The zero-order valence-corrected chi connectivity index (χ0v) is 11.9. The smallest absolute Gasteiger partial charge is 0.180 e. The summed E-state index contributed by atoms with van der Waals surface area (Å²) in [7, 11) is 0. The molecule has 1 heterocycles. The van der Waals surface area contributed by atoms with E-state index in [0.29, 0.717) is 16.6 Å². The molecule has 0 atom stereocenters. The fourth-order valence-electron chi connectivity index (χ4n) is 1.65. The molecule has 0 aliphatic carbocycles. The van der Waals surface area contributed by atoms with E-state index in [1.165, 1.54) is 11.3 Å². The van der Waals surface area contributed by atoms with Crippen molar-refractivity contribution in [1.82, 2.24) is 4.98 Å². The molecule has 0 unspecified atom stereocenters. The average Bonchev–Trinajstić information content (AvgIpc) is 2.58. The zero-order chi connectivity index (χ0) is 12.6. The monoisotopic (exact) mass is 286 g/mol. The van der Waals surface area contributed by atoms with Gasteiger partial charge in [0.05, 0.1) is 5.69 Å². The molecule has 2 rings (SSSR count). The second-order valence-corrected chi connectivity index (χ2v) is 5.79. The Kier molecular flexibility index (Phi) is 3.61. The van der Waals surface area contributed by atoms with E-state index in [2.05, 4.69) is 4.98 Å². The molecule has 0 aliphatic rings. The molecule has 2 aromatic rings. The highest BCUT2D eigenvalue weighted by atomic mass is 35.5. The van der Waals surface area contributed by atoms with Gasteiger partial charge in [-0.1, -0.05) is 29.3 Å². The third kappa shape index (κ3) is 2.57. The van der Waals surface area contributed by atoms with Gasteiger partial charge in [0.1, 0.15) is 0 Å². The third-order valence-electron chi connectivity index (χ3n) is 2.63. The second-order valence-electron chi connectivity index (χ2n) is 3.89. The van der Waals surface area contributed by atoms with Gasteiger partial charge < -0.3 is 5.73 Å². The van der Waals surface area contributed by atoms with Gasteiger partial charge in [0.2, 0.25) is 0 Å². The van der Waals surface area contributed by atoms with Gasteiger partial charge in [0, 0.05) is 21.3 Å². The maximum absolute atomic E-state index is 6.28. The molecule has 1 aromatic carbocycles. The van der Waals surface area contributed by atoms with Crippen LogP contribution in [0.25, 0.3) is 0 Å². The fraction of sp³-hybridized carbons (Fsp3) is 0.250. The van der Waals surface area contributed by atoms with E-state index in [-0.39, 0.29) is 0 Å². The molecule has 17 heavy (non-hydrogen) atoms. The fourth-order valence-corrected chi connectivity index (χ4v) is 3.00. The Morgan fingerprint density at radius 3 is 2.59 bits per heavy atom. The Morgan fingerprint density at radius 2 is 2.00 bits per heavy atom. The predicted octanol–water partition coefficient (Wildman–Crippen LogP) is 4.24. The minimum atomic E-state index is 0.581. The maximum Gasteiger partial charge on any atom is 0.180 e. The highest BCUT2D eigenvalue weighted by Crippen LogP contribution is 2.32. The van der Waals surface area contributed by atoms with Crippen LogP contribution in [-0.4, -0.2) is 4.98 Å². The van der Waals surface area contributed by atoms with Gasteiger partial charge in [-0.2, -0.15) is 0 Å². The lowest BCUT2D eigenvalue weighted by Crippen LogP contribution is -1.92. The van der Waals surface area contributed by atoms with Crippen LogP contribution in [0.5, 0.6) is 0 Å². The molecule has 90 valence electrons. The first kappa shape index (κ1) is 12.7. The van der Waals surface area contributed by atoms with Crippen molar-refractivity contribution in [2.75, 3.05) is 5.73 Å². The Hall–Kier alpha value is -0.770. The van der Waals surface area contributed by atoms with E-state index in [1.54, 1.807) is 0 Å². The summed E-state index contributed by atoms with van der Waals surface area (Å²) in [4.78, 5) is 5.31. The number of hydrogen-bond donors (Lipinski definition) is 1. The molecule has 0 amide bonds. The van der Waals surface area contributed by atoms with Gasteiger partial charge >= 0.3 is 0 Å². The van der Waals surface area contributed by atoms with Crippen LogP contribution in [0, 0.1) is 13.8 Å². The zero-order valence-electron chi connectivity index (χ0n) is 9.55. The first-order valence-electron chi connectivity index (χ1n) is 5.14. The summed E-state index contributed by atoms with van der Waals surface area (Å²) in [6.45, 7) is 3.91. The van der Waals surface area contributed by atoms with Crippen molar-refractivity contribution >= 4 is 39.7 Å². The summed E-state index contributed by atoms with van der Waals surface area (Å²) in [6, 6.07) is 3.79. The van der Waals surface area contributed by atoms with E-state index in [4.69, 9.17) is 28.9 Å². The minimum absolute atomic E-state index is 0.581. The summed E-state index contributed by atoms with van der Waals surface area (Å²) in [5, 5.41) is 1.99. The Bertz CT molecular complexity index is 564. The van der Waals surface area contributed by atoms with Crippen molar-refractivity contribution < 1.29 is 0 Å². The third-order valence-corrected chi connectivity index (χ3v) is 4.49. The number of nitrogens with two attached hydrogens (primary N) is 1. The van der Waals surface area contributed by atoms with Crippen molar-refractivity contribution in [3.63, 3.8) is 0 Å². The van der Waals surface area contributed by atoms with Crippen LogP contribution in [0.1, 0.15) is 21.7 Å². The molecule has 0 saturated carbocycles. The van der Waals surface area contributed by atoms with E-state index < -0.39 is 0 Å². The molecule has 0 saturated heterocycles. The molecule has 2 nitrogen and oxygen atoms in total. The number of aromatic nitrogens is 1. The van der Waals surface area contributed by atoms with Crippen LogP contribution in [0.2, 0.25) is 10.0 Å². The van der Waals surface area contributed by atoms with Crippen LogP contribution < -0.4 is 5.73 Å². The van der Waals surface area contributed by atoms with Gasteiger partial charge in [-0.05, 0) is 31.0 Å². The van der Waals surface area contributed by atoms with E-state index in [0.717, 1.165) is 26.7 Å². The Balaban J connectivity index is 2.43. The summed E-state index contributed by atoms with van der Waals surface area (Å²) < 4.78 is 0. The van der Waals surface area contributed by atoms with Gasteiger partial charge in [-0.15, -0.1) is 11.3 Å². The number of rotatable bonds is 2. The van der Waals surface area contributed by atoms with Gasteiger partial charge in [-0.3, -0.25) is 0 Å². The van der Waals surface area contributed by atoms with Crippen molar-refractivity contribution in [2.45, 2.75) is 20.3 Å². The lowest BCUT2D eigenvalue weighted by molar-refractivity contribution is 1.15. The summed E-state index contributed by atoms with van der Waals surface area (Å²) in [5.74, 6) is 0. The first-order chi connectivity index (χ1) is 7.99. The highest BCUT2D eigenvalue weighted by Gasteiger charge is 2.13. The SMILES string of the molecule is Cc1ccc(Cl)c(Cc2sc(N)nc2C)c1Cl. The Morgan fingerprint density at radius 1 is 1.29 bits per heavy atom. The summed E-state index contributed by atoms with van der Waals surface area (Å²) >= 11 is 13.9. The standard InChI is InChI=1S/C12H12Cl2N2S/c1-6-3-4-9(13)8(11(6)14)5-10-7(2)16-12(15)17-10/h3-4H,5H2,1-2H3,(H2,15,16). The number of nitrogen functional groups attached to an aromatic ring is 1. The molecule has 5 heteroatoms. The van der Waals surface area contributed by atoms with Gasteiger partial charge in [0.15, 0.2) is 5.13 Å². The maximum atomic E-state index is 6.28. The molecule has 0 aliphatic heterocycles. The number of aryl methyl sites for hydroxylation is 2. The number of benzene rings is 1. The number of halogens is 2. The molecule has 0 radical (unpaired) electrons. The number of hydrogen-bond acceptors (Lipinski definition) is 3. The van der Waals surface area contributed by atoms with Crippen LogP contribution >= 0.6 is 34.5 Å². The van der Waals surface area contributed by atoms with E-state index in [9.17, 15) is 0 Å². The van der Waals surface area contributed by atoms with Crippen LogP contribution in [0.3, 0.4) is 0 Å². The van der Waals surface area contributed by atoms with Crippen molar-refractivity contribution in [2.24, 2.45) is 0 Å². The topological polar surface area (TPSA) is 38.9 Å². The number of thiazole rings is 1. The lowest BCUT2D eigenvalue weighted by Gasteiger charge is -2.08. The molecule has 0 spiro atoms. The van der Waals surface area contributed by atoms with Crippen molar-refractivity contribution in [3.8, 4) is 0 Å². The number of anilines is 1. The average molecular weight is 287 g/mol. The summed E-state index contributed by atoms with van der Waals surface area (Å²) in [5.41, 5.74) is 8.60. The largest absolute Gasteiger partial charge is 0.375 e. The number of nitrogens with zero attached hydrogens (tertiary/aromatic N) is 1. The highest BCUT2D eigenvalue weighted by molar-refractivity contribution is 7.15. The molecule has 0 fully saturated rings. The molecular weight excluding hydrogens is 275 g/mol. The second kappa shape index (κ2) is 4.84. The van der Waals surface area contributed by atoms with Crippen molar-refractivity contribution in [3.05, 3.63) is 43.9 Å². The van der Waals surface area contributed by atoms with Crippen molar-refractivity contribution in [1.29, 1.82) is 0 Å². The summed E-state index contributed by atoms with van der Waals surface area (Å²) in [6.07, 6.45) is 0.681. The van der Waals surface area contributed by atoms with Gasteiger partial charge in [-0.25, -0.2) is 4.98 Å². The molecule has 0 bridgehead atoms. The predicted molar refractivity (Wildman–Crippen MR) is 75.3 cm³/mol. The van der Waals surface area contributed by atoms with E-state index >= 15 is 0 Å². The molecule has 2 N–H and O–H groups in total. The quantitative estimate of drug-likeness (QED) is 0.897. The molecule has 1 aromatic heterocycles. The van der Waals surface area contributed by atoms with Gasteiger partial charge in [0.25, 0.3) is 0 Å². The van der Waals surface area contributed by atoms with Crippen LogP contribution in [0.15, 0.2) is 12.1 Å². The lowest BCUT2D eigenvalue weighted by atomic mass is 10.1. The minimum Gasteiger partial charge on any atom is -0.375 e.